The second kappa shape index (κ2) is 11.5. The van der Waals surface area contributed by atoms with Crippen molar-refractivity contribution < 1.29 is 45.3 Å². The van der Waals surface area contributed by atoms with Crippen molar-refractivity contribution in [1.82, 2.24) is 0 Å². The van der Waals surface area contributed by atoms with E-state index in [1.807, 2.05) is 0 Å². The molecule has 2 aliphatic heterocycles. The van der Waals surface area contributed by atoms with Crippen molar-refractivity contribution in [3.8, 4) is 0 Å². The van der Waals surface area contributed by atoms with Crippen LogP contribution in [-0.2, 0) is 20.5 Å². The van der Waals surface area contributed by atoms with Crippen LogP contribution in [0.25, 0.3) is 21.5 Å². The zero-order chi connectivity index (χ0) is 16.9. The van der Waals surface area contributed by atoms with Crippen LogP contribution in [0.4, 0.5) is 0 Å². The molecule has 0 atom stereocenters. The van der Waals surface area contributed by atoms with Crippen LogP contribution in [0.1, 0.15) is 0 Å². The molecule has 0 aromatic heterocycles. The fraction of sp³-hybridized carbons (Fsp3) is 0.182. The van der Waals surface area contributed by atoms with E-state index in [2.05, 4.69) is 84.9 Å². The van der Waals surface area contributed by atoms with Crippen molar-refractivity contribution in [3.63, 3.8) is 0 Å². The van der Waals surface area contributed by atoms with Crippen LogP contribution in [0, 0.1) is 0 Å². The number of hydrogen-bond acceptors (Lipinski definition) is 0. The molecule has 0 nitrogen and oxygen atoms in total. The number of halogens is 2. The predicted octanol–water partition coefficient (Wildman–Crippen LogP) is 0.205. The van der Waals surface area contributed by atoms with Crippen LogP contribution >= 0.6 is 0 Å². The maximum atomic E-state index is 2.12. The first kappa shape index (κ1) is 22.8. The summed E-state index contributed by atoms with van der Waals surface area (Å²) in [5.41, 5.74) is 1.08. The van der Waals surface area contributed by atoms with E-state index in [4.69, 9.17) is 0 Å². The summed E-state index contributed by atoms with van der Waals surface area (Å²) >= 11 is 0.465. The minimum Gasteiger partial charge on any atom is -1.00 e. The third-order valence-corrected chi connectivity index (χ3v) is 35.2. The maximum Gasteiger partial charge on any atom is -0.0809 e. The molecular weight excluding hydrogens is 483 g/mol. The van der Waals surface area contributed by atoms with Gasteiger partial charge in [-0.3, -0.25) is 0 Å². The van der Waals surface area contributed by atoms with E-state index >= 15 is 0 Å². The Morgan fingerprint density at radius 3 is 1.33 bits per heavy atom. The van der Waals surface area contributed by atoms with Gasteiger partial charge in [0.15, 0.2) is 0 Å². The van der Waals surface area contributed by atoms with E-state index in [0.29, 0.717) is 31.3 Å². The van der Waals surface area contributed by atoms with Crippen molar-refractivity contribution >= 4 is 32.4 Å². The Hall–Kier alpha value is -0.443. The largest absolute Gasteiger partial charge is 1.00 e. The molecule has 2 heterocycles. The summed E-state index contributed by atoms with van der Waals surface area (Å²) in [5, 5.41) is 5.32. The van der Waals surface area contributed by atoms with E-state index in [9.17, 15) is 0 Å². The van der Waals surface area contributed by atoms with Crippen LogP contribution in [0.5, 0.6) is 0 Å². The SMILES string of the molecule is C1C[Si]2=[Zr]=[Si]1CC2.[Cl-].[Cl-].c1ccc2[cH-]ccc2c1.c1ccc2[cH-]ccc2c1. The molecule has 0 saturated heterocycles. The summed E-state index contributed by atoms with van der Waals surface area (Å²) in [7, 11) is 0. The molecule has 0 fully saturated rings. The predicted molar refractivity (Wildman–Crippen MR) is 110 cm³/mol. The molecule has 5 heteroatoms. The van der Waals surface area contributed by atoms with Gasteiger partial charge in [-0.05, 0) is 0 Å². The van der Waals surface area contributed by atoms with Gasteiger partial charge in [0.05, 0.1) is 0 Å². The van der Waals surface area contributed by atoms with Crippen molar-refractivity contribution in [2.75, 3.05) is 0 Å². The van der Waals surface area contributed by atoms with Gasteiger partial charge in [0, 0.05) is 0 Å². The molecule has 0 radical (unpaired) electrons. The van der Waals surface area contributed by atoms with Gasteiger partial charge in [0.1, 0.15) is 0 Å². The average Bonchev–Trinajstić information content (AvgIpc) is 3.47. The molecule has 0 aliphatic carbocycles. The van der Waals surface area contributed by atoms with Crippen LogP contribution in [-0.4, -0.2) is 10.9 Å². The zero-order valence-electron chi connectivity index (χ0n) is 15.2. The molecule has 0 N–H and O–H groups in total. The quantitative estimate of drug-likeness (QED) is 0.237. The molecule has 0 amide bonds. The van der Waals surface area contributed by atoms with Crippen molar-refractivity contribution in [3.05, 3.63) is 84.9 Å². The topological polar surface area (TPSA) is 0 Å². The van der Waals surface area contributed by atoms with Gasteiger partial charge in [-0.15, -0.1) is 59.3 Å². The van der Waals surface area contributed by atoms with Gasteiger partial charge in [-0.2, -0.15) is 35.0 Å². The summed E-state index contributed by atoms with van der Waals surface area (Å²) in [5.74, 6) is 0. The summed E-state index contributed by atoms with van der Waals surface area (Å²) in [4.78, 5) is 0. The number of benzene rings is 2. The first-order valence-electron chi connectivity index (χ1n) is 9.06. The summed E-state index contributed by atoms with van der Waals surface area (Å²) < 4.78 is 0. The zero-order valence-corrected chi connectivity index (χ0v) is 21.1. The van der Waals surface area contributed by atoms with Gasteiger partial charge in [-0.1, -0.05) is 12.1 Å². The summed E-state index contributed by atoms with van der Waals surface area (Å²) in [6.07, 6.45) is 0. The van der Waals surface area contributed by atoms with E-state index in [1.54, 1.807) is 24.2 Å². The Labute approximate surface area is 185 Å². The number of rotatable bonds is 0. The minimum atomic E-state index is 0. The Morgan fingerprint density at radius 2 is 1.00 bits per heavy atom. The maximum absolute atomic E-state index is 2.12. The Morgan fingerprint density at radius 1 is 0.593 bits per heavy atom. The molecule has 6 rings (SSSR count). The summed E-state index contributed by atoms with van der Waals surface area (Å²) in [6.45, 7) is 0. The van der Waals surface area contributed by atoms with E-state index in [1.165, 1.54) is 21.5 Å². The Bertz CT molecular complexity index is 904. The van der Waals surface area contributed by atoms with Gasteiger partial charge in [-0.25, -0.2) is 0 Å². The smallest absolute Gasteiger partial charge is 0.0809 e. The monoisotopic (exact) mass is 502 g/mol. The summed E-state index contributed by atoms with van der Waals surface area (Å²) in [6, 6.07) is 36.5. The second-order valence-electron chi connectivity index (χ2n) is 6.64. The van der Waals surface area contributed by atoms with Crippen molar-refractivity contribution in [2.24, 2.45) is 0 Å². The Balaban J connectivity index is 0.000000141. The molecule has 2 bridgehead atoms. The van der Waals surface area contributed by atoms with Gasteiger partial charge in [0.2, 0.25) is 0 Å². The fourth-order valence-corrected chi connectivity index (χ4v) is 46.0. The molecule has 140 valence electrons. The van der Waals surface area contributed by atoms with E-state index < -0.39 is 0 Å². The normalized spacial score (nSPS) is 13.3. The van der Waals surface area contributed by atoms with E-state index in [0.717, 1.165) is 0 Å². The van der Waals surface area contributed by atoms with Crippen LogP contribution in [0.3, 0.4) is 0 Å². The van der Waals surface area contributed by atoms with E-state index in [-0.39, 0.29) is 24.8 Å². The third kappa shape index (κ3) is 6.27. The Kier molecular flexibility index (Phi) is 9.76. The van der Waals surface area contributed by atoms with Crippen molar-refractivity contribution in [2.45, 2.75) is 24.2 Å². The van der Waals surface area contributed by atoms with Crippen LogP contribution in [0.2, 0.25) is 24.2 Å². The van der Waals surface area contributed by atoms with Gasteiger partial charge in [0.25, 0.3) is 0 Å². The molecule has 0 unspecified atom stereocenters. The third-order valence-electron chi connectivity index (χ3n) is 4.91. The molecule has 0 spiro atoms. The standard InChI is InChI=1S/2C9H7.C4H8Si2.2ClH.Zr/c2*1-2-5-9-7-3-6-8(9)4-1;1-2-6-4-3-5-1;;;/h2*1-7H;1-4H2;2*1H;/q2*-1;;;;/p-2. The number of hydrogen-bond donors (Lipinski definition) is 0. The average molecular weight is 505 g/mol. The molecule has 4 aromatic carbocycles. The second-order valence-corrected chi connectivity index (χ2v) is 28.0. The molecule has 4 aromatic rings. The van der Waals surface area contributed by atoms with Gasteiger partial charge < -0.3 is 24.8 Å². The molecule has 27 heavy (non-hydrogen) atoms. The first-order chi connectivity index (χ1) is 12.4. The van der Waals surface area contributed by atoms with Crippen LogP contribution < -0.4 is 24.8 Å². The molecule has 0 saturated carbocycles. The van der Waals surface area contributed by atoms with Crippen molar-refractivity contribution in [1.29, 1.82) is 0 Å². The molecule has 2 aliphatic rings. The van der Waals surface area contributed by atoms with Gasteiger partial charge >= 0.3 is 55.5 Å². The fourth-order valence-electron chi connectivity index (χ4n) is 3.49. The first-order valence-corrected chi connectivity index (χ1v) is 20.3. The number of fused-ring (bicyclic) bond motifs is 2. The minimum absolute atomic E-state index is 0. The molecular formula is C22H22Cl2Si2Zr-4. The van der Waals surface area contributed by atoms with Crippen LogP contribution in [0.15, 0.2) is 84.9 Å².